The third-order valence-electron chi connectivity index (χ3n) is 5.35. The molecule has 3 aliphatic rings. The molecule has 0 aliphatic carbocycles. The largest absolute Gasteiger partial charge is 0.314 e. The van der Waals surface area contributed by atoms with Gasteiger partial charge in [-0.25, -0.2) is 0 Å². The Labute approximate surface area is 120 Å². The number of rotatable bonds is 3. The number of nitrogens with zero attached hydrogens (tertiary/aromatic N) is 4. The molecule has 1 N–H and O–H groups in total. The summed E-state index contributed by atoms with van der Waals surface area (Å²) in [5.74, 6) is 2.33. The molecule has 3 aliphatic heterocycles. The van der Waals surface area contributed by atoms with Gasteiger partial charge in [0.15, 0.2) is 0 Å². The highest BCUT2D eigenvalue weighted by atomic mass is 15.3. The fourth-order valence-electron chi connectivity index (χ4n) is 4.33. The van der Waals surface area contributed by atoms with Gasteiger partial charge in [0, 0.05) is 31.6 Å². The maximum atomic E-state index is 4.42. The Kier molecular flexibility index (Phi) is 3.27. The van der Waals surface area contributed by atoms with Crippen molar-refractivity contribution in [1.29, 1.82) is 0 Å². The number of nitrogens with one attached hydrogen (secondary N) is 1. The van der Waals surface area contributed by atoms with Gasteiger partial charge in [-0.15, -0.1) is 10.2 Å². The van der Waals surface area contributed by atoms with Crippen LogP contribution in [-0.2, 0) is 13.0 Å². The Balaban J connectivity index is 1.46. The third kappa shape index (κ3) is 2.07. The summed E-state index contributed by atoms with van der Waals surface area (Å²) in [4.78, 5) is 2.68. The first-order valence-corrected chi connectivity index (χ1v) is 8.25. The van der Waals surface area contributed by atoms with Crippen LogP contribution >= 0.6 is 0 Å². The second-order valence-electron chi connectivity index (χ2n) is 6.61. The van der Waals surface area contributed by atoms with Gasteiger partial charge >= 0.3 is 0 Å². The van der Waals surface area contributed by atoms with E-state index < -0.39 is 0 Å². The van der Waals surface area contributed by atoms with E-state index in [0.29, 0.717) is 12.1 Å². The van der Waals surface area contributed by atoms with E-state index in [2.05, 4.69) is 31.9 Å². The number of piperidine rings is 1. The van der Waals surface area contributed by atoms with Gasteiger partial charge in [-0.1, -0.05) is 6.42 Å². The number of fused-ring (bicyclic) bond motifs is 2. The Morgan fingerprint density at radius 3 is 3.00 bits per heavy atom. The lowest BCUT2D eigenvalue weighted by molar-refractivity contribution is 0.176. The highest BCUT2D eigenvalue weighted by Crippen LogP contribution is 2.29. The predicted molar refractivity (Wildman–Crippen MR) is 77.5 cm³/mol. The van der Waals surface area contributed by atoms with E-state index in [0.717, 1.165) is 24.8 Å². The summed E-state index contributed by atoms with van der Waals surface area (Å²) in [6.45, 7) is 5.93. The topological polar surface area (TPSA) is 46.0 Å². The van der Waals surface area contributed by atoms with E-state index in [9.17, 15) is 0 Å². The second-order valence-corrected chi connectivity index (χ2v) is 6.61. The summed E-state index contributed by atoms with van der Waals surface area (Å²) in [7, 11) is 0. The molecule has 1 aromatic rings. The Hall–Kier alpha value is -0.940. The first-order valence-electron chi connectivity index (χ1n) is 8.25. The molecular weight excluding hydrogens is 250 g/mol. The first kappa shape index (κ1) is 12.8. The SMILES string of the molecule is CC(NC1CCN2CCCCC12)c1nnc2n1CCC2. The van der Waals surface area contributed by atoms with E-state index in [1.54, 1.807) is 0 Å². The molecule has 5 nitrogen and oxygen atoms in total. The lowest BCUT2D eigenvalue weighted by Crippen LogP contribution is -2.45. The highest BCUT2D eigenvalue weighted by molar-refractivity contribution is 5.05. The van der Waals surface area contributed by atoms with Gasteiger partial charge in [-0.2, -0.15) is 0 Å². The summed E-state index contributed by atoms with van der Waals surface area (Å²) in [6.07, 6.45) is 7.76. The molecule has 110 valence electrons. The Morgan fingerprint density at radius 1 is 1.10 bits per heavy atom. The first-order chi connectivity index (χ1) is 9.83. The standard InChI is InChI=1S/C15H25N5/c1-11(15-18-17-14-6-4-9-20(14)15)16-12-7-10-19-8-3-2-5-13(12)19/h11-13,16H,2-10H2,1H3. The van der Waals surface area contributed by atoms with Gasteiger partial charge in [0.05, 0.1) is 6.04 Å². The molecule has 2 fully saturated rings. The van der Waals surface area contributed by atoms with Gasteiger partial charge in [0.1, 0.15) is 11.6 Å². The zero-order chi connectivity index (χ0) is 13.5. The van der Waals surface area contributed by atoms with Crippen molar-refractivity contribution in [3.63, 3.8) is 0 Å². The second kappa shape index (κ2) is 5.11. The Bertz CT molecular complexity index is 483. The van der Waals surface area contributed by atoms with Crippen LogP contribution in [-0.4, -0.2) is 44.8 Å². The lowest BCUT2D eigenvalue weighted by Gasteiger charge is -2.33. The molecular formula is C15H25N5. The average Bonchev–Trinajstić information content (AvgIpc) is 3.13. The van der Waals surface area contributed by atoms with E-state index in [-0.39, 0.29) is 0 Å². The van der Waals surface area contributed by atoms with Crippen molar-refractivity contribution in [2.45, 2.75) is 70.1 Å². The van der Waals surface area contributed by atoms with Crippen molar-refractivity contribution in [3.8, 4) is 0 Å². The maximum Gasteiger partial charge on any atom is 0.149 e. The molecule has 3 unspecified atom stereocenters. The zero-order valence-electron chi connectivity index (χ0n) is 12.4. The number of aryl methyl sites for hydroxylation is 1. The fourth-order valence-corrected chi connectivity index (χ4v) is 4.33. The van der Waals surface area contributed by atoms with E-state index >= 15 is 0 Å². The van der Waals surface area contributed by atoms with Crippen LogP contribution in [0.1, 0.15) is 56.7 Å². The molecule has 2 saturated heterocycles. The van der Waals surface area contributed by atoms with Crippen molar-refractivity contribution in [3.05, 3.63) is 11.6 Å². The van der Waals surface area contributed by atoms with Crippen LogP contribution in [0.3, 0.4) is 0 Å². The van der Waals surface area contributed by atoms with E-state index in [1.165, 1.54) is 51.0 Å². The van der Waals surface area contributed by atoms with E-state index in [4.69, 9.17) is 0 Å². The van der Waals surface area contributed by atoms with Crippen LogP contribution in [0.4, 0.5) is 0 Å². The lowest BCUT2D eigenvalue weighted by atomic mass is 9.98. The van der Waals surface area contributed by atoms with Gasteiger partial charge in [-0.05, 0) is 39.2 Å². The van der Waals surface area contributed by atoms with Crippen LogP contribution in [0, 0.1) is 0 Å². The number of hydrogen-bond acceptors (Lipinski definition) is 4. The molecule has 0 bridgehead atoms. The van der Waals surface area contributed by atoms with Crippen molar-refractivity contribution < 1.29 is 0 Å². The molecule has 20 heavy (non-hydrogen) atoms. The normalized spacial score (nSPS) is 31.2. The van der Waals surface area contributed by atoms with Gasteiger partial charge < -0.3 is 9.88 Å². The van der Waals surface area contributed by atoms with Gasteiger partial charge in [-0.3, -0.25) is 4.90 Å². The third-order valence-corrected chi connectivity index (χ3v) is 5.35. The molecule has 1 aromatic heterocycles. The molecule has 0 spiro atoms. The minimum absolute atomic E-state index is 0.321. The zero-order valence-corrected chi connectivity index (χ0v) is 12.4. The smallest absolute Gasteiger partial charge is 0.149 e. The molecule has 5 heteroatoms. The van der Waals surface area contributed by atoms with Crippen LogP contribution < -0.4 is 5.32 Å². The molecule has 0 radical (unpaired) electrons. The molecule has 0 amide bonds. The van der Waals surface area contributed by atoms with E-state index in [1.807, 2.05) is 0 Å². The van der Waals surface area contributed by atoms with Crippen molar-refractivity contribution >= 4 is 0 Å². The van der Waals surface area contributed by atoms with Crippen molar-refractivity contribution in [1.82, 2.24) is 25.0 Å². The van der Waals surface area contributed by atoms with Crippen LogP contribution in [0.5, 0.6) is 0 Å². The number of aromatic nitrogens is 3. The van der Waals surface area contributed by atoms with Crippen molar-refractivity contribution in [2.75, 3.05) is 13.1 Å². The molecule has 0 saturated carbocycles. The maximum absolute atomic E-state index is 4.42. The fraction of sp³-hybridized carbons (Fsp3) is 0.867. The van der Waals surface area contributed by atoms with Gasteiger partial charge in [0.2, 0.25) is 0 Å². The summed E-state index contributed by atoms with van der Waals surface area (Å²) in [5, 5.41) is 12.6. The summed E-state index contributed by atoms with van der Waals surface area (Å²) in [5.41, 5.74) is 0. The summed E-state index contributed by atoms with van der Waals surface area (Å²) < 4.78 is 2.32. The minimum atomic E-state index is 0.321. The molecule has 4 heterocycles. The molecule has 4 rings (SSSR count). The van der Waals surface area contributed by atoms with Crippen molar-refractivity contribution in [2.24, 2.45) is 0 Å². The van der Waals surface area contributed by atoms with Gasteiger partial charge in [0.25, 0.3) is 0 Å². The number of hydrogen-bond donors (Lipinski definition) is 1. The van der Waals surface area contributed by atoms with Crippen LogP contribution in [0.2, 0.25) is 0 Å². The van der Waals surface area contributed by atoms with Crippen LogP contribution in [0.15, 0.2) is 0 Å². The predicted octanol–water partition coefficient (Wildman–Crippen LogP) is 1.50. The quantitative estimate of drug-likeness (QED) is 0.908. The van der Waals surface area contributed by atoms with Crippen LogP contribution in [0.25, 0.3) is 0 Å². The summed E-state index contributed by atoms with van der Waals surface area (Å²) >= 11 is 0. The minimum Gasteiger partial charge on any atom is -0.314 e. The summed E-state index contributed by atoms with van der Waals surface area (Å²) in [6, 6.07) is 1.72. The molecule has 0 aromatic carbocycles. The average molecular weight is 275 g/mol. The molecule has 3 atom stereocenters. The highest BCUT2D eigenvalue weighted by Gasteiger charge is 2.36. The Morgan fingerprint density at radius 2 is 2.05 bits per heavy atom. The monoisotopic (exact) mass is 275 g/mol.